The van der Waals surface area contributed by atoms with Crippen molar-refractivity contribution in [1.29, 1.82) is 0 Å². The second-order valence-electron chi connectivity index (χ2n) is 5.13. The Labute approximate surface area is 138 Å². The number of phosphoric acid groups is 1. The van der Waals surface area contributed by atoms with Crippen molar-refractivity contribution in [1.82, 2.24) is 5.48 Å². The fourth-order valence-corrected chi connectivity index (χ4v) is 2.67. The van der Waals surface area contributed by atoms with Crippen molar-refractivity contribution >= 4 is 13.7 Å². The Balaban J connectivity index is 2.27. The Kier molecular flexibility index (Phi) is 9.80. The molecule has 0 fully saturated rings. The summed E-state index contributed by atoms with van der Waals surface area (Å²) in [4.78, 5) is 11.6. The highest BCUT2D eigenvalue weighted by molar-refractivity contribution is 7.48. The van der Waals surface area contributed by atoms with Gasteiger partial charge in [0.2, 0.25) is 5.91 Å². The lowest BCUT2D eigenvalue weighted by molar-refractivity contribution is -0.129. The first kappa shape index (κ1) is 19.8. The van der Waals surface area contributed by atoms with Gasteiger partial charge in [-0.15, -0.1) is 0 Å². The van der Waals surface area contributed by atoms with Gasteiger partial charge in [-0.2, -0.15) is 4.62 Å². The highest BCUT2D eigenvalue weighted by Crippen LogP contribution is 2.47. The summed E-state index contributed by atoms with van der Waals surface area (Å²) in [5.41, 5.74) is 3.20. The van der Waals surface area contributed by atoms with Gasteiger partial charge in [0.15, 0.2) is 0 Å². The molecule has 0 bridgehead atoms. The minimum absolute atomic E-state index is 0.168. The first-order valence-electron chi connectivity index (χ1n) is 7.91. The molecule has 130 valence electrons. The summed E-state index contributed by atoms with van der Waals surface area (Å²) in [7, 11) is -2.55. The lowest BCUT2D eigenvalue weighted by Crippen LogP contribution is -2.23. The normalized spacial score (nSPS) is 13.5. The van der Waals surface area contributed by atoms with E-state index < -0.39 is 7.82 Å². The van der Waals surface area contributed by atoms with Gasteiger partial charge in [0.25, 0.3) is 0 Å². The topological polar surface area (TPSA) is 73.9 Å². The number of phosphoric ester groups is 1. The lowest BCUT2D eigenvalue weighted by Gasteiger charge is -2.15. The molecule has 0 aromatic heterocycles. The van der Waals surface area contributed by atoms with Gasteiger partial charge in [0, 0.05) is 13.5 Å². The van der Waals surface area contributed by atoms with E-state index in [1.54, 1.807) is 0 Å². The van der Waals surface area contributed by atoms with Gasteiger partial charge in [-0.1, -0.05) is 56.5 Å². The van der Waals surface area contributed by atoms with E-state index in [0.717, 1.165) is 31.2 Å². The molecule has 1 amide bonds. The van der Waals surface area contributed by atoms with Crippen LogP contribution in [0.25, 0.3) is 0 Å². The average molecular weight is 343 g/mol. The summed E-state index contributed by atoms with van der Waals surface area (Å²) in [5, 5.41) is 0. The minimum Gasteiger partial charge on any atom is -0.289 e. The van der Waals surface area contributed by atoms with Crippen LogP contribution in [0.15, 0.2) is 30.3 Å². The van der Waals surface area contributed by atoms with Gasteiger partial charge in [0.1, 0.15) is 0 Å². The molecule has 1 unspecified atom stereocenters. The molecule has 0 heterocycles. The van der Waals surface area contributed by atoms with Crippen LogP contribution in [-0.4, -0.2) is 19.6 Å². The minimum atomic E-state index is -3.77. The standard InChI is InChI=1S/C16H26NO5P/c1-3-4-5-9-12-16(18)17-22-23(19,20-2)21-14-13-15-10-7-6-8-11-15/h6-8,10-11H,3-5,9,12-14H2,1-2H3,(H,17,18). The van der Waals surface area contributed by atoms with Crippen LogP contribution < -0.4 is 5.48 Å². The van der Waals surface area contributed by atoms with Crippen LogP contribution >= 0.6 is 7.82 Å². The molecular formula is C16H26NO5P. The smallest absolute Gasteiger partial charge is 0.289 e. The van der Waals surface area contributed by atoms with E-state index in [-0.39, 0.29) is 12.5 Å². The third-order valence-electron chi connectivity index (χ3n) is 3.24. The molecule has 0 spiro atoms. The molecule has 1 rings (SSSR count). The van der Waals surface area contributed by atoms with E-state index in [1.165, 1.54) is 7.11 Å². The van der Waals surface area contributed by atoms with Crippen molar-refractivity contribution in [2.24, 2.45) is 0 Å². The van der Waals surface area contributed by atoms with Crippen LogP contribution in [0.2, 0.25) is 0 Å². The zero-order valence-corrected chi connectivity index (χ0v) is 14.7. The SMILES string of the molecule is CCCCCCC(=O)NOP(=O)(OC)OCCc1ccccc1. The lowest BCUT2D eigenvalue weighted by atomic mass is 10.1. The fraction of sp³-hybridized carbons (Fsp3) is 0.562. The quantitative estimate of drug-likeness (QED) is 0.352. The summed E-state index contributed by atoms with van der Waals surface area (Å²) >= 11 is 0. The van der Waals surface area contributed by atoms with E-state index in [4.69, 9.17) is 13.7 Å². The first-order valence-corrected chi connectivity index (χ1v) is 9.37. The summed E-state index contributed by atoms with van der Waals surface area (Å²) < 4.78 is 27.0. The molecule has 0 saturated carbocycles. The summed E-state index contributed by atoms with van der Waals surface area (Å²) in [6, 6.07) is 9.64. The molecule has 0 aliphatic carbocycles. The molecule has 1 aromatic rings. The summed E-state index contributed by atoms with van der Waals surface area (Å²) in [6.45, 7) is 2.27. The number of carbonyl (C=O) groups excluding carboxylic acids is 1. The molecule has 1 atom stereocenters. The third kappa shape index (κ3) is 8.86. The summed E-state index contributed by atoms with van der Waals surface area (Å²) in [6.07, 6.45) is 4.85. The number of nitrogens with one attached hydrogen (secondary N) is 1. The predicted molar refractivity (Wildman–Crippen MR) is 88.7 cm³/mol. The van der Waals surface area contributed by atoms with Crippen LogP contribution in [-0.2, 0) is 29.5 Å². The zero-order valence-electron chi connectivity index (χ0n) is 13.8. The Morgan fingerprint density at radius 1 is 1.17 bits per heavy atom. The monoisotopic (exact) mass is 343 g/mol. The van der Waals surface area contributed by atoms with E-state index >= 15 is 0 Å². The van der Waals surface area contributed by atoms with Crippen LogP contribution in [0.4, 0.5) is 0 Å². The maximum atomic E-state index is 12.2. The van der Waals surface area contributed by atoms with Gasteiger partial charge in [-0.3, -0.25) is 13.8 Å². The third-order valence-corrected chi connectivity index (χ3v) is 4.50. The average Bonchev–Trinajstić information content (AvgIpc) is 2.58. The number of benzene rings is 1. The van der Waals surface area contributed by atoms with Gasteiger partial charge < -0.3 is 0 Å². The molecule has 0 aliphatic heterocycles. The van der Waals surface area contributed by atoms with Crippen LogP contribution in [0, 0.1) is 0 Å². The number of hydrogen-bond donors (Lipinski definition) is 1. The van der Waals surface area contributed by atoms with Crippen molar-refractivity contribution in [2.75, 3.05) is 13.7 Å². The van der Waals surface area contributed by atoms with Crippen molar-refractivity contribution in [3.8, 4) is 0 Å². The molecule has 0 aliphatic rings. The van der Waals surface area contributed by atoms with Crippen LogP contribution in [0.5, 0.6) is 0 Å². The molecule has 1 aromatic carbocycles. The number of unbranched alkanes of at least 4 members (excludes halogenated alkanes) is 3. The molecule has 0 saturated heterocycles. The highest BCUT2D eigenvalue weighted by Gasteiger charge is 2.26. The van der Waals surface area contributed by atoms with E-state index in [0.29, 0.717) is 12.8 Å². The number of carbonyl (C=O) groups is 1. The molecular weight excluding hydrogens is 317 g/mol. The Morgan fingerprint density at radius 3 is 2.57 bits per heavy atom. The maximum Gasteiger partial charge on any atom is 0.496 e. The molecule has 6 nitrogen and oxygen atoms in total. The first-order chi connectivity index (χ1) is 11.1. The number of hydrogen-bond acceptors (Lipinski definition) is 5. The van der Waals surface area contributed by atoms with Gasteiger partial charge >= 0.3 is 7.82 Å². The Morgan fingerprint density at radius 2 is 1.91 bits per heavy atom. The van der Waals surface area contributed by atoms with Crippen molar-refractivity contribution < 1.29 is 23.0 Å². The Hall–Kier alpha value is -1.20. The molecule has 7 heteroatoms. The summed E-state index contributed by atoms with van der Waals surface area (Å²) in [5.74, 6) is -0.329. The van der Waals surface area contributed by atoms with Gasteiger partial charge in [-0.05, 0) is 18.4 Å². The number of amides is 1. The van der Waals surface area contributed by atoms with E-state index in [1.807, 2.05) is 30.3 Å². The maximum absolute atomic E-state index is 12.2. The predicted octanol–water partition coefficient (Wildman–Crippen LogP) is 4.02. The van der Waals surface area contributed by atoms with Crippen molar-refractivity contribution in [3.63, 3.8) is 0 Å². The highest BCUT2D eigenvalue weighted by atomic mass is 31.2. The van der Waals surface area contributed by atoms with Crippen LogP contribution in [0.1, 0.15) is 44.6 Å². The molecule has 1 N–H and O–H groups in total. The van der Waals surface area contributed by atoms with Gasteiger partial charge in [-0.25, -0.2) is 10.0 Å². The second kappa shape index (κ2) is 11.4. The van der Waals surface area contributed by atoms with Crippen molar-refractivity contribution in [3.05, 3.63) is 35.9 Å². The van der Waals surface area contributed by atoms with Crippen LogP contribution in [0.3, 0.4) is 0 Å². The molecule has 0 radical (unpaired) electrons. The zero-order chi connectivity index (χ0) is 17.0. The Bertz CT molecular complexity index is 495. The number of hydroxylamine groups is 1. The number of rotatable bonds is 12. The fourth-order valence-electron chi connectivity index (χ4n) is 1.91. The van der Waals surface area contributed by atoms with Gasteiger partial charge in [0.05, 0.1) is 6.61 Å². The van der Waals surface area contributed by atoms with E-state index in [9.17, 15) is 9.36 Å². The van der Waals surface area contributed by atoms with E-state index in [2.05, 4.69) is 12.4 Å². The largest absolute Gasteiger partial charge is 0.496 e. The van der Waals surface area contributed by atoms with Crippen molar-refractivity contribution in [2.45, 2.75) is 45.4 Å². The molecule has 23 heavy (non-hydrogen) atoms. The second-order valence-corrected chi connectivity index (χ2v) is 6.83.